The summed E-state index contributed by atoms with van der Waals surface area (Å²) in [6, 6.07) is 12.0. The van der Waals surface area contributed by atoms with E-state index in [1.54, 1.807) is 24.3 Å². The smallest absolute Gasteiger partial charge is 0.331 e. The summed E-state index contributed by atoms with van der Waals surface area (Å²) in [5.41, 5.74) is 0.838. The summed E-state index contributed by atoms with van der Waals surface area (Å²) in [6.07, 6.45) is 1.25. The van der Waals surface area contributed by atoms with E-state index in [1.807, 2.05) is 6.07 Å². The van der Waals surface area contributed by atoms with Gasteiger partial charge in [0, 0.05) is 0 Å². The zero-order chi connectivity index (χ0) is 18.0. The number of carbonyl (C=O) groups is 3. The predicted octanol–water partition coefficient (Wildman–Crippen LogP) is 1.76. The van der Waals surface area contributed by atoms with E-state index < -0.39 is 17.8 Å². The lowest BCUT2D eigenvalue weighted by molar-refractivity contribution is -0.130. The van der Waals surface area contributed by atoms with Crippen molar-refractivity contribution in [2.24, 2.45) is 0 Å². The van der Waals surface area contributed by atoms with Crippen LogP contribution in [0.4, 0.5) is 4.79 Å². The lowest BCUT2D eigenvalue weighted by atomic mass is 10.1. The normalized spacial score (nSPS) is 16.2. The Labute approximate surface area is 142 Å². The third-order valence-electron chi connectivity index (χ3n) is 3.68. The number of phenols is 2. The summed E-state index contributed by atoms with van der Waals surface area (Å²) >= 11 is 0. The van der Waals surface area contributed by atoms with Crippen LogP contribution >= 0.6 is 0 Å². The van der Waals surface area contributed by atoms with Crippen LogP contribution in [0.3, 0.4) is 0 Å². The number of amides is 4. The Kier molecular flexibility index (Phi) is 4.21. The largest absolute Gasteiger partial charge is 0.504 e. The van der Waals surface area contributed by atoms with Crippen molar-refractivity contribution in [2.75, 3.05) is 0 Å². The van der Waals surface area contributed by atoms with Crippen molar-refractivity contribution < 1.29 is 24.6 Å². The summed E-state index contributed by atoms with van der Waals surface area (Å²) in [5, 5.41) is 21.0. The van der Waals surface area contributed by atoms with Gasteiger partial charge in [0.25, 0.3) is 11.8 Å². The Morgan fingerprint density at radius 3 is 2.36 bits per heavy atom. The molecule has 1 aliphatic heterocycles. The molecule has 0 atom stereocenters. The van der Waals surface area contributed by atoms with Crippen LogP contribution < -0.4 is 5.32 Å². The molecular formula is C18H14N2O5. The highest BCUT2D eigenvalue weighted by atomic mass is 16.3. The zero-order valence-corrected chi connectivity index (χ0v) is 13.0. The molecule has 2 aromatic rings. The number of hydrogen-bond donors (Lipinski definition) is 3. The molecule has 1 fully saturated rings. The number of nitrogens with one attached hydrogen (secondary N) is 1. The second-order valence-corrected chi connectivity index (χ2v) is 5.44. The summed E-state index contributed by atoms with van der Waals surface area (Å²) in [7, 11) is 0. The monoisotopic (exact) mass is 338 g/mol. The number of imide groups is 2. The Morgan fingerprint density at radius 1 is 0.960 bits per heavy atom. The van der Waals surface area contributed by atoms with Gasteiger partial charge in [0.2, 0.25) is 0 Å². The topological polar surface area (TPSA) is 107 Å². The fourth-order valence-corrected chi connectivity index (χ4v) is 2.40. The molecule has 4 amide bonds. The molecule has 0 bridgehead atoms. The molecule has 25 heavy (non-hydrogen) atoms. The first-order chi connectivity index (χ1) is 12.0. The summed E-state index contributed by atoms with van der Waals surface area (Å²) in [4.78, 5) is 37.5. The second-order valence-electron chi connectivity index (χ2n) is 5.44. The number of phenolic OH excluding ortho intramolecular Hbond substituents is 2. The lowest BCUT2D eigenvalue weighted by Crippen LogP contribution is -2.53. The van der Waals surface area contributed by atoms with Gasteiger partial charge in [0.05, 0.1) is 6.54 Å². The van der Waals surface area contributed by atoms with E-state index in [1.165, 1.54) is 24.3 Å². The van der Waals surface area contributed by atoms with Crippen molar-refractivity contribution in [2.45, 2.75) is 6.54 Å². The summed E-state index contributed by atoms with van der Waals surface area (Å²) in [6.45, 7) is 0.0248. The number of nitrogens with zero attached hydrogens (tertiary/aromatic N) is 1. The molecular weight excluding hydrogens is 324 g/mol. The molecule has 126 valence electrons. The van der Waals surface area contributed by atoms with E-state index in [4.69, 9.17) is 0 Å². The minimum absolute atomic E-state index is 0.0248. The third kappa shape index (κ3) is 3.35. The van der Waals surface area contributed by atoms with Crippen molar-refractivity contribution in [1.29, 1.82) is 0 Å². The Hall–Kier alpha value is -3.61. The summed E-state index contributed by atoms with van der Waals surface area (Å²) < 4.78 is 0. The van der Waals surface area contributed by atoms with Gasteiger partial charge in [0.15, 0.2) is 11.5 Å². The van der Waals surface area contributed by atoms with Crippen molar-refractivity contribution in [3.05, 3.63) is 65.2 Å². The first-order valence-electron chi connectivity index (χ1n) is 7.40. The Bertz CT molecular complexity index is 890. The molecule has 1 saturated heterocycles. The number of benzene rings is 2. The molecule has 7 heteroatoms. The van der Waals surface area contributed by atoms with Crippen LogP contribution in [0.25, 0.3) is 6.08 Å². The van der Waals surface area contributed by atoms with Gasteiger partial charge >= 0.3 is 6.03 Å². The van der Waals surface area contributed by atoms with Gasteiger partial charge in [-0.2, -0.15) is 0 Å². The first-order valence-corrected chi connectivity index (χ1v) is 7.40. The average molecular weight is 338 g/mol. The molecule has 0 radical (unpaired) electrons. The van der Waals surface area contributed by atoms with Gasteiger partial charge in [-0.3, -0.25) is 19.8 Å². The number of carbonyl (C=O) groups excluding carboxylic acids is 3. The Morgan fingerprint density at radius 2 is 1.68 bits per heavy atom. The van der Waals surface area contributed by atoms with E-state index in [-0.39, 0.29) is 23.6 Å². The molecule has 1 aliphatic rings. The van der Waals surface area contributed by atoms with Gasteiger partial charge < -0.3 is 10.2 Å². The maximum Gasteiger partial charge on any atom is 0.331 e. The minimum atomic E-state index is -0.813. The highest BCUT2D eigenvalue weighted by Gasteiger charge is 2.35. The fourth-order valence-electron chi connectivity index (χ4n) is 2.40. The molecule has 7 nitrogen and oxygen atoms in total. The van der Waals surface area contributed by atoms with E-state index >= 15 is 0 Å². The van der Waals surface area contributed by atoms with Crippen LogP contribution in [0.1, 0.15) is 11.1 Å². The van der Waals surface area contributed by atoms with Crippen LogP contribution in [-0.2, 0) is 16.1 Å². The Balaban J connectivity index is 1.92. The number of urea groups is 1. The highest BCUT2D eigenvalue weighted by Crippen LogP contribution is 2.26. The molecule has 0 spiro atoms. The number of aromatic hydroxyl groups is 2. The van der Waals surface area contributed by atoms with Crippen LogP contribution in [-0.4, -0.2) is 33.0 Å². The third-order valence-corrected chi connectivity index (χ3v) is 3.68. The highest BCUT2D eigenvalue weighted by molar-refractivity contribution is 6.30. The lowest BCUT2D eigenvalue weighted by Gasteiger charge is -2.26. The van der Waals surface area contributed by atoms with Gasteiger partial charge in [-0.15, -0.1) is 0 Å². The van der Waals surface area contributed by atoms with Gasteiger partial charge in [-0.05, 0) is 29.3 Å². The maximum absolute atomic E-state index is 12.6. The minimum Gasteiger partial charge on any atom is -0.504 e. The summed E-state index contributed by atoms with van der Waals surface area (Å²) in [5.74, 6) is -2.24. The molecule has 0 unspecified atom stereocenters. The number of barbiturate groups is 1. The first kappa shape index (κ1) is 16.3. The molecule has 1 heterocycles. The standard InChI is InChI=1S/C18H14N2O5/c21-14-7-6-12(9-15(14)22)8-13-16(23)19-18(25)20(17(13)24)10-11-4-2-1-3-5-11/h1-9,21-22H,10H2,(H,19,23,25)/b13-8-. The SMILES string of the molecule is O=C1NC(=O)N(Cc2ccccc2)C(=O)/C1=C\c1ccc(O)c(O)c1. The van der Waals surface area contributed by atoms with Gasteiger partial charge in [-0.25, -0.2) is 4.79 Å². The van der Waals surface area contributed by atoms with E-state index in [9.17, 15) is 24.6 Å². The molecule has 3 N–H and O–H groups in total. The van der Waals surface area contributed by atoms with Crippen LogP contribution in [0.2, 0.25) is 0 Å². The van der Waals surface area contributed by atoms with Crippen LogP contribution in [0, 0.1) is 0 Å². The number of hydrogen-bond acceptors (Lipinski definition) is 5. The van der Waals surface area contributed by atoms with E-state index in [0.717, 1.165) is 10.5 Å². The van der Waals surface area contributed by atoms with Crippen molar-refractivity contribution in [1.82, 2.24) is 10.2 Å². The van der Waals surface area contributed by atoms with Crippen molar-refractivity contribution >= 4 is 23.9 Å². The van der Waals surface area contributed by atoms with E-state index in [2.05, 4.69) is 5.32 Å². The maximum atomic E-state index is 12.6. The molecule has 3 rings (SSSR count). The zero-order valence-electron chi connectivity index (χ0n) is 13.0. The van der Waals surface area contributed by atoms with E-state index in [0.29, 0.717) is 5.56 Å². The second kappa shape index (κ2) is 6.48. The van der Waals surface area contributed by atoms with Crippen LogP contribution in [0.5, 0.6) is 11.5 Å². The van der Waals surface area contributed by atoms with Gasteiger partial charge in [-0.1, -0.05) is 36.4 Å². The predicted molar refractivity (Wildman–Crippen MR) is 88.3 cm³/mol. The van der Waals surface area contributed by atoms with Crippen LogP contribution in [0.15, 0.2) is 54.1 Å². The fraction of sp³-hybridized carbons (Fsp3) is 0.0556. The molecule has 0 saturated carbocycles. The average Bonchev–Trinajstić information content (AvgIpc) is 2.59. The van der Waals surface area contributed by atoms with Crippen molar-refractivity contribution in [3.63, 3.8) is 0 Å². The number of rotatable bonds is 3. The quantitative estimate of drug-likeness (QED) is 0.449. The molecule has 0 aliphatic carbocycles. The van der Waals surface area contributed by atoms with Crippen molar-refractivity contribution in [3.8, 4) is 11.5 Å². The van der Waals surface area contributed by atoms with Gasteiger partial charge in [0.1, 0.15) is 5.57 Å². The molecule has 0 aromatic heterocycles. The molecule has 2 aromatic carbocycles.